The molecule has 5 aromatic carbocycles. The highest BCUT2D eigenvalue weighted by Gasteiger charge is 2.38. The first-order chi connectivity index (χ1) is 18.5. The molecule has 0 aliphatic heterocycles. The summed E-state index contributed by atoms with van der Waals surface area (Å²) in [7, 11) is 0. The fourth-order valence-corrected chi connectivity index (χ4v) is 6.28. The summed E-state index contributed by atoms with van der Waals surface area (Å²) < 4.78 is 0. The van der Waals surface area contributed by atoms with Crippen molar-refractivity contribution in [3.05, 3.63) is 120 Å². The normalized spacial score (nSPS) is 12.2. The number of hydrogen-bond donors (Lipinski definition) is 0. The van der Waals surface area contributed by atoms with Crippen LogP contribution < -0.4 is 4.90 Å². The van der Waals surface area contributed by atoms with Crippen LogP contribution in [0.1, 0.15) is 71.4 Å². The minimum absolute atomic E-state index is 0.195. The van der Waals surface area contributed by atoms with Gasteiger partial charge in [0, 0.05) is 16.8 Å². The lowest BCUT2D eigenvalue weighted by molar-refractivity contribution is 0.402. The van der Waals surface area contributed by atoms with E-state index < -0.39 is 0 Å². The van der Waals surface area contributed by atoms with Crippen LogP contribution in [0, 0.1) is 0 Å². The van der Waals surface area contributed by atoms with Crippen molar-refractivity contribution >= 4 is 32.9 Å². The zero-order chi connectivity index (χ0) is 26.8. The maximum Gasteiger partial charge on any atom is 0.0697 e. The number of fused-ring (bicyclic) bond motifs is 2. The summed E-state index contributed by atoms with van der Waals surface area (Å²) in [6.45, 7) is 11.7. The van der Waals surface area contributed by atoms with Crippen LogP contribution in [0.5, 0.6) is 0 Å². The molecule has 5 aromatic rings. The Bertz CT molecular complexity index is 1510. The van der Waals surface area contributed by atoms with Crippen LogP contribution in [0.3, 0.4) is 0 Å². The Balaban J connectivity index is 1.76. The Kier molecular flexibility index (Phi) is 7.30. The molecule has 0 spiro atoms. The van der Waals surface area contributed by atoms with Crippen molar-refractivity contribution in [1.82, 2.24) is 0 Å². The SMILES string of the molecule is CCC(C)(CC)c1ccc(C(CC)(CC)N(c2ccc3ccccc3c2)c2cccc3ccccc23)cc1. The Morgan fingerprint density at radius 1 is 0.526 bits per heavy atom. The Morgan fingerprint density at radius 2 is 1.11 bits per heavy atom. The van der Waals surface area contributed by atoms with E-state index in [9.17, 15) is 0 Å². The van der Waals surface area contributed by atoms with Crippen LogP contribution in [0.15, 0.2) is 109 Å². The molecule has 0 aromatic heterocycles. The third-order valence-electron chi connectivity index (χ3n) is 9.28. The lowest BCUT2D eigenvalue weighted by Gasteiger charge is -2.46. The van der Waals surface area contributed by atoms with E-state index >= 15 is 0 Å². The van der Waals surface area contributed by atoms with Crippen molar-refractivity contribution in [2.75, 3.05) is 4.90 Å². The van der Waals surface area contributed by atoms with Crippen LogP contribution in [0.25, 0.3) is 21.5 Å². The van der Waals surface area contributed by atoms with Crippen LogP contribution in [-0.2, 0) is 11.0 Å². The largest absolute Gasteiger partial charge is 0.331 e. The number of anilines is 2. The maximum atomic E-state index is 2.63. The van der Waals surface area contributed by atoms with Crippen molar-refractivity contribution in [2.45, 2.75) is 71.3 Å². The molecule has 0 fully saturated rings. The molecule has 0 aliphatic carbocycles. The van der Waals surface area contributed by atoms with Gasteiger partial charge < -0.3 is 4.90 Å². The van der Waals surface area contributed by atoms with Crippen molar-refractivity contribution < 1.29 is 0 Å². The summed E-state index contributed by atoms with van der Waals surface area (Å²) in [6.07, 6.45) is 4.29. The molecule has 194 valence electrons. The molecule has 0 bridgehead atoms. The molecule has 0 heterocycles. The van der Waals surface area contributed by atoms with Gasteiger partial charge in [-0.3, -0.25) is 0 Å². The fourth-order valence-electron chi connectivity index (χ4n) is 6.28. The van der Waals surface area contributed by atoms with E-state index in [1.807, 2.05) is 0 Å². The highest BCUT2D eigenvalue weighted by molar-refractivity contribution is 5.98. The van der Waals surface area contributed by atoms with Gasteiger partial charge in [-0.25, -0.2) is 0 Å². The number of hydrogen-bond acceptors (Lipinski definition) is 1. The van der Waals surface area contributed by atoms with E-state index in [2.05, 4.69) is 149 Å². The topological polar surface area (TPSA) is 3.24 Å². The minimum Gasteiger partial charge on any atom is -0.331 e. The van der Waals surface area contributed by atoms with Crippen LogP contribution in [-0.4, -0.2) is 0 Å². The first kappa shape index (κ1) is 26.0. The van der Waals surface area contributed by atoms with Gasteiger partial charge in [0.2, 0.25) is 0 Å². The van der Waals surface area contributed by atoms with Crippen LogP contribution in [0.2, 0.25) is 0 Å². The second kappa shape index (κ2) is 10.7. The predicted octanol–water partition coefficient (Wildman–Crippen LogP) is 10.9. The lowest BCUT2D eigenvalue weighted by Crippen LogP contribution is -2.43. The van der Waals surface area contributed by atoms with Gasteiger partial charge in [0.05, 0.1) is 5.54 Å². The highest BCUT2D eigenvalue weighted by Crippen LogP contribution is 2.47. The van der Waals surface area contributed by atoms with Gasteiger partial charge in [-0.15, -0.1) is 0 Å². The molecule has 0 saturated carbocycles. The molecule has 1 nitrogen and oxygen atoms in total. The highest BCUT2D eigenvalue weighted by atomic mass is 15.2. The summed E-state index contributed by atoms with van der Waals surface area (Å²) in [5.41, 5.74) is 5.34. The Morgan fingerprint density at radius 3 is 1.76 bits per heavy atom. The van der Waals surface area contributed by atoms with Gasteiger partial charge in [-0.05, 0) is 76.6 Å². The minimum atomic E-state index is -0.195. The first-order valence-corrected chi connectivity index (χ1v) is 14.4. The number of benzene rings is 5. The summed E-state index contributed by atoms with van der Waals surface area (Å²) in [5.74, 6) is 0. The maximum absolute atomic E-state index is 2.63. The van der Waals surface area contributed by atoms with E-state index in [4.69, 9.17) is 0 Å². The molecule has 0 amide bonds. The van der Waals surface area contributed by atoms with Gasteiger partial charge >= 0.3 is 0 Å². The molecule has 5 rings (SSSR count). The zero-order valence-corrected chi connectivity index (χ0v) is 23.7. The van der Waals surface area contributed by atoms with Gasteiger partial charge in [0.25, 0.3) is 0 Å². The molecular formula is C37H41N. The predicted molar refractivity (Wildman–Crippen MR) is 167 cm³/mol. The van der Waals surface area contributed by atoms with Crippen molar-refractivity contribution in [1.29, 1.82) is 0 Å². The second-order valence-electron chi connectivity index (χ2n) is 10.9. The molecule has 0 atom stereocenters. The summed E-state index contributed by atoms with van der Waals surface area (Å²) in [4.78, 5) is 2.63. The number of nitrogens with zero attached hydrogens (tertiary/aromatic N) is 1. The van der Waals surface area contributed by atoms with Crippen molar-refractivity contribution in [3.8, 4) is 0 Å². The second-order valence-corrected chi connectivity index (χ2v) is 10.9. The molecule has 0 N–H and O–H groups in total. The van der Waals surface area contributed by atoms with Crippen LogP contribution >= 0.6 is 0 Å². The van der Waals surface area contributed by atoms with E-state index in [1.165, 1.54) is 44.0 Å². The Labute approximate surface area is 229 Å². The van der Waals surface area contributed by atoms with Gasteiger partial charge in [0.15, 0.2) is 0 Å². The van der Waals surface area contributed by atoms with Crippen molar-refractivity contribution in [3.63, 3.8) is 0 Å². The third-order valence-corrected chi connectivity index (χ3v) is 9.28. The summed E-state index contributed by atoms with van der Waals surface area (Å²) in [6, 6.07) is 40.8. The molecule has 0 aliphatic rings. The quantitative estimate of drug-likeness (QED) is 0.195. The molecule has 38 heavy (non-hydrogen) atoms. The Hall–Kier alpha value is -3.58. The zero-order valence-electron chi connectivity index (χ0n) is 23.7. The lowest BCUT2D eigenvalue weighted by atomic mass is 9.75. The molecule has 0 unspecified atom stereocenters. The van der Waals surface area contributed by atoms with Gasteiger partial charge in [-0.1, -0.05) is 126 Å². The fraction of sp³-hybridized carbons (Fsp3) is 0.297. The smallest absolute Gasteiger partial charge is 0.0697 e. The van der Waals surface area contributed by atoms with Gasteiger partial charge in [-0.2, -0.15) is 0 Å². The third kappa shape index (κ3) is 4.39. The molecular weight excluding hydrogens is 458 g/mol. The van der Waals surface area contributed by atoms with E-state index in [-0.39, 0.29) is 11.0 Å². The molecule has 1 heteroatoms. The van der Waals surface area contributed by atoms with Gasteiger partial charge in [0.1, 0.15) is 0 Å². The van der Waals surface area contributed by atoms with E-state index in [1.54, 1.807) is 0 Å². The van der Waals surface area contributed by atoms with E-state index in [0.717, 1.165) is 25.7 Å². The standard InChI is InChI=1S/C37H41N/c1-6-36(5,7-2)31-22-24-32(25-23-31)37(8-3,9-4)38(33-26-21-28-15-10-11-17-30(28)27-33)35-20-14-18-29-16-12-13-19-34(29)35/h10-27H,6-9H2,1-5H3. The first-order valence-electron chi connectivity index (χ1n) is 14.4. The van der Waals surface area contributed by atoms with E-state index in [0.29, 0.717) is 0 Å². The average Bonchev–Trinajstić information content (AvgIpc) is 2.99. The number of rotatable bonds is 9. The monoisotopic (exact) mass is 499 g/mol. The average molecular weight is 500 g/mol. The molecule has 0 radical (unpaired) electrons. The summed E-state index contributed by atoms with van der Waals surface area (Å²) >= 11 is 0. The summed E-state index contributed by atoms with van der Waals surface area (Å²) in [5, 5.41) is 5.10. The van der Waals surface area contributed by atoms with Crippen molar-refractivity contribution in [2.24, 2.45) is 0 Å². The molecule has 0 saturated heterocycles. The van der Waals surface area contributed by atoms with Crippen LogP contribution in [0.4, 0.5) is 11.4 Å².